The number of nitrogens with zero attached hydrogens (tertiary/aromatic N) is 1. The number of ether oxygens (including phenoxy) is 1. The van der Waals surface area contributed by atoms with Crippen LogP contribution in [0.3, 0.4) is 0 Å². The normalized spacial score (nSPS) is 17.4. The lowest BCUT2D eigenvalue weighted by molar-refractivity contribution is -0.121. The standard InChI is InChI=1S/C22H26Cl2N2O4S/c1-4-22(5-2)13-19(16-8-6-7-9-20(16)30-22)25-21(27)14-26(31(3,28)29)15-10-11-17(23)18(24)12-15/h6-12,19H,4-5,13-14H2,1-3H3,(H,25,27)/t19-/m0/s1. The third-order valence-electron chi connectivity index (χ3n) is 5.70. The number of hydrogen-bond donors (Lipinski definition) is 1. The van der Waals surface area contributed by atoms with E-state index in [4.69, 9.17) is 27.9 Å². The van der Waals surface area contributed by atoms with Crippen LogP contribution in [0.15, 0.2) is 42.5 Å². The summed E-state index contributed by atoms with van der Waals surface area (Å²) in [6.07, 6.45) is 3.24. The summed E-state index contributed by atoms with van der Waals surface area (Å²) in [5, 5.41) is 3.53. The lowest BCUT2D eigenvalue weighted by Gasteiger charge is -2.41. The average Bonchev–Trinajstić information content (AvgIpc) is 2.73. The minimum Gasteiger partial charge on any atom is -0.487 e. The van der Waals surface area contributed by atoms with Crippen molar-refractivity contribution in [1.82, 2.24) is 5.32 Å². The van der Waals surface area contributed by atoms with Gasteiger partial charge in [-0.1, -0.05) is 55.2 Å². The molecule has 1 amide bonds. The average molecular weight is 485 g/mol. The number of sulfonamides is 1. The van der Waals surface area contributed by atoms with Crippen molar-refractivity contribution in [2.24, 2.45) is 0 Å². The number of carbonyl (C=O) groups is 1. The molecule has 0 unspecified atom stereocenters. The van der Waals surface area contributed by atoms with E-state index in [0.29, 0.717) is 11.4 Å². The number of fused-ring (bicyclic) bond motifs is 1. The van der Waals surface area contributed by atoms with Gasteiger partial charge in [0, 0.05) is 12.0 Å². The van der Waals surface area contributed by atoms with Gasteiger partial charge in [-0.15, -0.1) is 0 Å². The fraction of sp³-hybridized carbons (Fsp3) is 0.409. The minimum atomic E-state index is -3.73. The van der Waals surface area contributed by atoms with Crippen LogP contribution in [0.5, 0.6) is 5.75 Å². The number of para-hydroxylation sites is 1. The van der Waals surface area contributed by atoms with Gasteiger partial charge in [0.25, 0.3) is 0 Å². The van der Waals surface area contributed by atoms with Gasteiger partial charge in [0.15, 0.2) is 0 Å². The molecule has 0 fully saturated rings. The zero-order chi connectivity index (χ0) is 22.8. The first kappa shape index (κ1) is 23.7. The third kappa shape index (κ3) is 5.27. The van der Waals surface area contributed by atoms with Crippen molar-refractivity contribution in [1.29, 1.82) is 0 Å². The van der Waals surface area contributed by atoms with Crippen molar-refractivity contribution in [3.05, 3.63) is 58.1 Å². The van der Waals surface area contributed by atoms with E-state index in [1.165, 1.54) is 18.2 Å². The molecule has 1 aliphatic heterocycles. The first-order valence-electron chi connectivity index (χ1n) is 10.1. The van der Waals surface area contributed by atoms with E-state index in [2.05, 4.69) is 19.2 Å². The fourth-order valence-electron chi connectivity index (χ4n) is 3.84. The largest absolute Gasteiger partial charge is 0.487 e. The van der Waals surface area contributed by atoms with Crippen LogP contribution in [0.1, 0.15) is 44.7 Å². The summed E-state index contributed by atoms with van der Waals surface area (Å²) in [4.78, 5) is 13.0. The number of anilines is 1. The number of halogens is 2. The zero-order valence-corrected chi connectivity index (χ0v) is 20.0. The van der Waals surface area contributed by atoms with Gasteiger partial charge in [0.1, 0.15) is 17.9 Å². The molecule has 0 aliphatic carbocycles. The van der Waals surface area contributed by atoms with Crippen molar-refractivity contribution in [2.75, 3.05) is 17.1 Å². The highest BCUT2D eigenvalue weighted by Crippen LogP contribution is 2.42. The van der Waals surface area contributed by atoms with E-state index >= 15 is 0 Å². The van der Waals surface area contributed by atoms with Crippen molar-refractivity contribution in [3.8, 4) is 5.75 Å². The first-order chi connectivity index (χ1) is 14.6. The van der Waals surface area contributed by atoms with Gasteiger partial charge in [-0.25, -0.2) is 8.42 Å². The molecule has 0 spiro atoms. The summed E-state index contributed by atoms with van der Waals surface area (Å²) in [6.45, 7) is 3.75. The van der Waals surface area contributed by atoms with Crippen LogP contribution in [0.25, 0.3) is 0 Å². The van der Waals surface area contributed by atoms with E-state index in [0.717, 1.165) is 34.7 Å². The molecule has 168 valence electrons. The number of carbonyl (C=O) groups excluding carboxylic acids is 1. The van der Waals surface area contributed by atoms with Gasteiger partial charge in [0.2, 0.25) is 15.9 Å². The predicted molar refractivity (Wildman–Crippen MR) is 125 cm³/mol. The first-order valence-corrected chi connectivity index (χ1v) is 12.7. The highest BCUT2D eigenvalue weighted by Gasteiger charge is 2.39. The molecule has 0 radical (unpaired) electrons. The molecule has 0 bridgehead atoms. The second kappa shape index (κ2) is 9.27. The molecule has 0 aromatic heterocycles. The highest BCUT2D eigenvalue weighted by atomic mass is 35.5. The molecular weight excluding hydrogens is 459 g/mol. The summed E-state index contributed by atoms with van der Waals surface area (Å²) >= 11 is 12.0. The minimum absolute atomic E-state index is 0.210. The zero-order valence-electron chi connectivity index (χ0n) is 17.7. The van der Waals surface area contributed by atoms with Crippen LogP contribution in [0.2, 0.25) is 10.0 Å². The fourth-order valence-corrected chi connectivity index (χ4v) is 4.98. The predicted octanol–water partition coefficient (Wildman–Crippen LogP) is 4.96. The molecule has 6 nitrogen and oxygen atoms in total. The molecule has 1 atom stereocenters. The maximum absolute atomic E-state index is 13.0. The molecule has 1 heterocycles. The number of hydrogen-bond acceptors (Lipinski definition) is 4. The highest BCUT2D eigenvalue weighted by molar-refractivity contribution is 7.92. The van der Waals surface area contributed by atoms with Gasteiger partial charge in [-0.05, 0) is 37.1 Å². The van der Waals surface area contributed by atoms with Crippen molar-refractivity contribution in [2.45, 2.75) is 44.8 Å². The Morgan fingerprint density at radius 1 is 1.16 bits per heavy atom. The summed E-state index contributed by atoms with van der Waals surface area (Å²) < 4.78 is 32.1. The Kier molecular flexibility index (Phi) is 7.08. The topological polar surface area (TPSA) is 75.7 Å². The molecule has 1 N–H and O–H groups in total. The molecule has 9 heteroatoms. The smallest absolute Gasteiger partial charge is 0.241 e. The van der Waals surface area contributed by atoms with Gasteiger partial charge < -0.3 is 10.1 Å². The monoisotopic (exact) mass is 484 g/mol. The van der Waals surface area contributed by atoms with Crippen molar-refractivity contribution < 1.29 is 17.9 Å². The maximum Gasteiger partial charge on any atom is 0.241 e. The Morgan fingerprint density at radius 2 is 1.84 bits per heavy atom. The quantitative estimate of drug-likeness (QED) is 0.602. The van der Waals surface area contributed by atoms with Gasteiger partial charge >= 0.3 is 0 Å². The molecule has 31 heavy (non-hydrogen) atoms. The molecule has 1 aliphatic rings. The maximum atomic E-state index is 13.0. The Morgan fingerprint density at radius 3 is 2.45 bits per heavy atom. The number of amides is 1. The van der Waals surface area contributed by atoms with Gasteiger partial charge in [-0.3, -0.25) is 9.10 Å². The third-order valence-corrected chi connectivity index (χ3v) is 7.58. The summed E-state index contributed by atoms with van der Waals surface area (Å²) in [5.74, 6) is 0.325. The van der Waals surface area contributed by atoms with Crippen LogP contribution in [-0.4, -0.2) is 32.7 Å². The lowest BCUT2D eigenvalue weighted by atomic mass is 9.83. The number of benzene rings is 2. The molecule has 2 aromatic carbocycles. The number of nitrogens with one attached hydrogen (secondary N) is 1. The molecule has 0 saturated heterocycles. The molecule has 2 aromatic rings. The molecular formula is C22H26Cl2N2O4S. The van der Waals surface area contributed by atoms with Gasteiger partial charge in [0.05, 0.1) is 28.0 Å². The van der Waals surface area contributed by atoms with E-state index in [1.807, 2.05) is 24.3 Å². The Hall–Kier alpha value is -1.96. The Labute approximate surface area is 193 Å². The Balaban J connectivity index is 1.86. The SMILES string of the molecule is CCC1(CC)C[C@H](NC(=O)CN(c2ccc(Cl)c(Cl)c2)S(C)(=O)=O)c2ccccc2O1. The molecule has 0 saturated carbocycles. The lowest BCUT2D eigenvalue weighted by Crippen LogP contribution is -2.47. The van der Waals surface area contributed by atoms with Crippen LogP contribution < -0.4 is 14.4 Å². The van der Waals surface area contributed by atoms with Crippen molar-refractivity contribution >= 4 is 44.8 Å². The van der Waals surface area contributed by atoms with Crippen LogP contribution >= 0.6 is 23.2 Å². The van der Waals surface area contributed by atoms with E-state index in [-0.39, 0.29) is 28.9 Å². The molecule has 3 rings (SSSR count). The number of rotatable bonds is 7. The van der Waals surface area contributed by atoms with E-state index < -0.39 is 15.9 Å². The van der Waals surface area contributed by atoms with Crippen LogP contribution in [0, 0.1) is 0 Å². The summed E-state index contributed by atoms with van der Waals surface area (Å²) in [7, 11) is -3.73. The summed E-state index contributed by atoms with van der Waals surface area (Å²) in [6, 6.07) is 11.8. The van der Waals surface area contributed by atoms with Crippen LogP contribution in [0.4, 0.5) is 5.69 Å². The Bertz CT molecular complexity index is 1070. The van der Waals surface area contributed by atoms with E-state index in [1.54, 1.807) is 0 Å². The van der Waals surface area contributed by atoms with Crippen molar-refractivity contribution in [3.63, 3.8) is 0 Å². The summed E-state index contributed by atoms with van der Waals surface area (Å²) in [5.41, 5.74) is 0.775. The van der Waals surface area contributed by atoms with Gasteiger partial charge in [-0.2, -0.15) is 0 Å². The second-order valence-electron chi connectivity index (χ2n) is 7.72. The second-order valence-corrected chi connectivity index (χ2v) is 10.4. The van der Waals surface area contributed by atoms with Crippen LogP contribution in [-0.2, 0) is 14.8 Å². The van der Waals surface area contributed by atoms with E-state index in [9.17, 15) is 13.2 Å².